The number of rotatable bonds is 16. The number of carboxylic acid groups (broad SMARTS) is 1. The van der Waals surface area contributed by atoms with E-state index in [1.165, 1.54) is 19.2 Å². The topological polar surface area (TPSA) is 125 Å². The summed E-state index contributed by atoms with van der Waals surface area (Å²) in [5, 5.41) is 8.82. The number of halogens is 2. The Hall–Kier alpha value is -5.17. The van der Waals surface area contributed by atoms with Crippen molar-refractivity contribution >= 4 is 33.3 Å². The summed E-state index contributed by atoms with van der Waals surface area (Å²) in [5.41, 5.74) is 2.83. The van der Waals surface area contributed by atoms with Crippen LogP contribution in [0.5, 0.6) is 17.2 Å². The third-order valence-corrected chi connectivity index (χ3v) is 7.85. The lowest BCUT2D eigenvalue weighted by Crippen LogP contribution is -2.31. The maximum Gasteiger partial charge on any atom is 0.323 e. The third kappa shape index (κ3) is 10.7. The van der Waals surface area contributed by atoms with Crippen LogP contribution in [0, 0.1) is 18.6 Å². The van der Waals surface area contributed by atoms with Crippen LogP contribution in [0.1, 0.15) is 29.5 Å². The molecule has 4 rings (SSSR count). The molecule has 0 spiro atoms. The molecule has 0 atom stereocenters. The first-order chi connectivity index (χ1) is 22.8. The van der Waals surface area contributed by atoms with Crippen LogP contribution in [0.25, 0.3) is 0 Å². The summed E-state index contributed by atoms with van der Waals surface area (Å²) in [6, 6.07) is 22.9. The first kappa shape index (κ1) is 35.7. The van der Waals surface area contributed by atoms with Gasteiger partial charge in [-0.2, -0.15) is 0 Å². The highest BCUT2D eigenvalue weighted by Gasteiger charge is 2.17. The predicted molar refractivity (Wildman–Crippen MR) is 179 cm³/mol. The molecule has 0 saturated carbocycles. The number of carbonyl (C=O) groups is 2. The predicted octanol–water partition coefficient (Wildman–Crippen LogP) is 6.35. The van der Waals surface area contributed by atoms with Crippen LogP contribution in [0.15, 0.2) is 84.9 Å². The van der Waals surface area contributed by atoms with Gasteiger partial charge in [0, 0.05) is 49.9 Å². The van der Waals surface area contributed by atoms with Gasteiger partial charge in [-0.15, -0.1) is 0 Å². The summed E-state index contributed by atoms with van der Waals surface area (Å²) in [6.45, 7) is 2.08. The van der Waals surface area contributed by atoms with E-state index in [1.54, 1.807) is 55.5 Å². The minimum absolute atomic E-state index is 0.0908. The number of nitrogens with zero attached hydrogens (tertiary/aromatic N) is 2. The molecular weight excluding hydrogens is 644 g/mol. The zero-order valence-corrected chi connectivity index (χ0v) is 27.6. The number of ether oxygens (including phenoxy) is 2. The van der Waals surface area contributed by atoms with Gasteiger partial charge in [0.2, 0.25) is 15.9 Å². The van der Waals surface area contributed by atoms with E-state index in [0.29, 0.717) is 47.2 Å². The molecule has 4 aromatic carbocycles. The number of amides is 1. The quantitative estimate of drug-likeness (QED) is 0.131. The minimum atomic E-state index is -3.54. The SMILES string of the molecule is Cc1c(NS(C)(=O)=O)cccc1N(Cc1ccc(Oc2cccc(OCCCC(=O)N(C)CC(=O)O)c2)cc1)Cc1ccc(F)cc1F. The summed E-state index contributed by atoms with van der Waals surface area (Å²) in [7, 11) is -2.10. The Morgan fingerprint density at radius 3 is 2.29 bits per heavy atom. The lowest BCUT2D eigenvalue weighted by molar-refractivity contribution is -0.143. The molecule has 0 fully saturated rings. The Kier molecular flexibility index (Phi) is 12.0. The largest absolute Gasteiger partial charge is 0.493 e. The van der Waals surface area contributed by atoms with Gasteiger partial charge in [0.1, 0.15) is 35.4 Å². The molecule has 0 aliphatic heterocycles. The monoisotopic (exact) mass is 681 g/mol. The number of likely N-dealkylation sites (N-methyl/N-ethyl adjacent to an activating group) is 1. The third-order valence-electron chi connectivity index (χ3n) is 7.26. The molecule has 48 heavy (non-hydrogen) atoms. The van der Waals surface area contributed by atoms with Crippen molar-refractivity contribution in [2.75, 3.05) is 36.1 Å². The van der Waals surface area contributed by atoms with Crippen LogP contribution in [-0.2, 0) is 32.7 Å². The fraction of sp³-hybridized carbons (Fsp3) is 0.257. The zero-order valence-electron chi connectivity index (χ0n) is 26.8. The molecule has 0 saturated heterocycles. The Morgan fingerprint density at radius 2 is 1.60 bits per heavy atom. The molecule has 254 valence electrons. The van der Waals surface area contributed by atoms with Gasteiger partial charge in [-0.3, -0.25) is 14.3 Å². The number of nitrogens with one attached hydrogen (secondary N) is 1. The average molecular weight is 682 g/mol. The van der Waals surface area contributed by atoms with Crippen LogP contribution in [0.4, 0.5) is 20.2 Å². The molecule has 13 heteroatoms. The maximum absolute atomic E-state index is 14.7. The van der Waals surface area contributed by atoms with Crippen molar-refractivity contribution in [1.82, 2.24) is 4.90 Å². The van der Waals surface area contributed by atoms with Crippen molar-refractivity contribution < 1.29 is 41.4 Å². The number of hydrogen-bond acceptors (Lipinski definition) is 7. The molecule has 0 aliphatic carbocycles. The smallest absolute Gasteiger partial charge is 0.323 e. The van der Waals surface area contributed by atoms with Crippen LogP contribution in [0.2, 0.25) is 0 Å². The number of aliphatic carboxylic acids is 1. The highest BCUT2D eigenvalue weighted by Crippen LogP contribution is 2.31. The number of benzene rings is 4. The fourth-order valence-corrected chi connectivity index (χ4v) is 5.52. The summed E-state index contributed by atoms with van der Waals surface area (Å²) < 4.78 is 66.5. The number of sulfonamides is 1. The van der Waals surface area contributed by atoms with Crippen molar-refractivity contribution in [2.45, 2.75) is 32.9 Å². The van der Waals surface area contributed by atoms with E-state index in [0.717, 1.165) is 22.8 Å². The van der Waals surface area contributed by atoms with E-state index in [4.69, 9.17) is 14.6 Å². The van der Waals surface area contributed by atoms with E-state index in [1.807, 2.05) is 23.1 Å². The van der Waals surface area contributed by atoms with E-state index in [2.05, 4.69) is 4.72 Å². The maximum atomic E-state index is 14.7. The zero-order chi connectivity index (χ0) is 34.8. The van der Waals surface area contributed by atoms with Crippen molar-refractivity contribution in [3.05, 3.63) is 113 Å². The number of carboxylic acids is 1. The van der Waals surface area contributed by atoms with Crippen LogP contribution in [-0.4, -0.2) is 56.8 Å². The minimum Gasteiger partial charge on any atom is -0.493 e. The highest BCUT2D eigenvalue weighted by atomic mass is 32.2. The number of anilines is 2. The van der Waals surface area contributed by atoms with Gasteiger partial charge in [-0.25, -0.2) is 17.2 Å². The first-order valence-electron chi connectivity index (χ1n) is 15.0. The standard InChI is InChI=1S/C35H37F2N3O7S/c1-24-32(38-48(3,44)45)9-5-10-33(24)40(22-26-14-15-27(36)19-31(26)37)21-25-12-16-28(17-13-25)47-30-8-4-7-29(20-30)46-18-6-11-34(41)39(2)23-35(42)43/h4-5,7-10,12-17,19-20,38H,6,11,18,21-23H2,1-3H3,(H,42,43). The lowest BCUT2D eigenvalue weighted by Gasteiger charge is -2.28. The first-order valence-corrected chi connectivity index (χ1v) is 16.9. The van der Waals surface area contributed by atoms with E-state index in [9.17, 15) is 26.8 Å². The lowest BCUT2D eigenvalue weighted by atomic mass is 10.1. The summed E-state index contributed by atoms with van der Waals surface area (Å²) in [4.78, 5) is 25.8. The average Bonchev–Trinajstić information content (AvgIpc) is 3.01. The summed E-state index contributed by atoms with van der Waals surface area (Å²) in [5.74, 6) is -1.10. The number of hydrogen-bond donors (Lipinski definition) is 2. The molecular formula is C35H37F2N3O7S. The van der Waals surface area contributed by atoms with Crippen molar-refractivity contribution in [3.8, 4) is 17.2 Å². The van der Waals surface area contributed by atoms with E-state index in [-0.39, 0.29) is 37.6 Å². The van der Waals surface area contributed by atoms with Crippen molar-refractivity contribution in [3.63, 3.8) is 0 Å². The highest BCUT2D eigenvalue weighted by molar-refractivity contribution is 7.92. The van der Waals surface area contributed by atoms with Gasteiger partial charge in [-0.05, 0) is 66.9 Å². The second-order valence-corrected chi connectivity index (χ2v) is 13.0. The Labute approximate surface area is 278 Å². The van der Waals surface area contributed by atoms with Crippen molar-refractivity contribution in [1.29, 1.82) is 0 Å². The van der Waals surface area contributed by atoms with Gasteiger partial charge in [0.05, 0.1) is 18.6 Å². The van der Waals surface area contributed by atoms with E-state index < -0.39 is 27.6 Å². The second kappa shape index (κ2) is 16.1. The van der Waals surface area contributed by atoms with Gasteiger partial charge in [-0.1, -0.05) is 30.3 Å². The Morgan fingerprint density at radius 1 is 0.896 bits per heavy atom. The Balaban J connectivity index is 1.44. The van der Waals surface area contributed by atoms with Gasteiger partial charge in [0.25, 0.3) is 0 Å². The molecule has 0 radical (unpaired) electrons. The molecule has 0 aromatic heterocycles. The molecule has 4 aromatic rings. The second-order valence-electron chi connectivity index (χ2n) is 11.2. The van der Waals surface area contributed by atoms with Gasteiger partial charge in [0.15, 0.2) is 0 Å². The molecule has 2 N–H and O–H groups in total. The molecule has 0 unspecified atom stereocenters. The Bertz CT molecular complexity index is 1850. The van der Waals surface area contributed by atoms with E-state index >= 15 is 0 Å². The molecule has 1 amide bonds. The molecule has 10 nitrogen and oxygen atoms in total. The number of carbonyl (C=O) groups excluding carboxylic acids is 1. The normalized spacial score (nSPS) is 11.1. The van der Waals surface area contributed by atoms with Crippen LogP contribution in [0.3, 0.4) is 0 Å². The van der Waals surface area contributed by atoms with Gasteiger partial charge < -0.3 is 24.4 Å². The van der Waals surface area contributed by atoms with Crippen molar-refractivity contribution in [2.24, 2.45) is 0 Å². The molecule has 0 aliphatic rings. The summed E-state index contributed by atoms with van der Waals surface area (Å²) in [6.07, 6.45) is 1.64. The molecule has 0 heterocycles. The van der Waals surface area contributed by atoms with Crippen LogP contribution >= 0.6 is 0 Å². The summed E-state index contributed by atoms with van der Waals surface area (Å²) >= 11 is 0. The molecule has 0 bridgehead atoms. The van der Waals surface area contributed by atoms with Crippen LogP contribution < -0.4 is 19.1 Å². The fourth-order valence-electron chi connectivity index (χ4n) is 4.90. The van der Waals surface area contributed by atoms with Gasteiger partial charge >= 0.3 is 5.97 Å².